The summed E-state index contributed by atoms with van der Waals surface area (Å²) >= 11 is 0. The van der Waals surface area contributed by atoms with Crippen molar-refractivity contribution in [2.75, 3.05) is 0 Å². The van der Waals surface area contributed by atoms with Gasteiger partial charge in [-0.3, -0.25) is 0 Å². The zero-order valence-corrected chi connectivity index (χ0v) is 10.3. The maximum absolute atomic E-state index is 13.6. The number of benzene rings is 1. The first-order valence-corrected chi connectivity index (χ1v) is 6.05. The van der Waals surface area contributed by atoms with E-state index in [1.54, 1.807) is 0 Å². The summed E-state index contributed by atoms with van der Waals surface area (Å²) in [7, 11) is 0. The van der Waals surface area contributed by atoms with Crippen molar-refractivity contribution in [3.05, 3.63) is 29.3 Å². The van der Waals surface area contributed by atoms with Crippen LogP contribution < -0.4 is 4.74 Å². The Labute approximate surface area is 112 Å². The van der Waals surface area contributed by atoms with Gasteiger partial charge in [-0.1, -0.05) is 0 Å². The molecular weight excluding hydrogens is 280 g/mol. The minimum atomic E-state index is -2.76. The first-order valence-electron chi connectivity index (χ1n) is 6.05. The molecule has 0 aliphatic heterocycles. The van der Waals surface area contributed by atoms with Crippen LogP contribution >= 0.6 is 0 Å². The van der Waals surface area contributed by atoms with Gasteiger partial charge in [0.15, 0.2) is 17.4 Å². The molecule has 1 fully saturated rings. The van der Waals surface area contributed by atoms with Gasteiger partial charge in [-0.15, -0.1) is 0 Å². The minimum Gasteiger partial charge on any atom is -0.484 e. The molecule has 0 amide bonds. The molecule has 1 N–H and O–H groups in total. The van der Waals surface area contributed by atoms with Crippen molar-refractivity contribution in [3.8, 4) is 5.75 Å². The van der Waals surface area contributed by atoms with E-state index in [9.17, 15) is 22.4 Å². The molecule has 1 saturated carbocycles. The molecular formula is C13H12F4O3. The van der Waals surface area contributed by atoms with Crippen molar-refractivity contribution in [2.45, 2.75) is 37.7 Å². The second-order valence-electron chi connectivity index (χ2n) is 4.75. The lowest BCUT2D eigenvalue weighted by Crippen LogP contribution is -2.31. The van der Waals surface area contributed by atoms with Gasteiger partial charge in [-0.2, -0.15) is 0 Å². The molecule has 2 rings (SSSR count). The summed E-state index contributed by atoms with van der Waals surface area (Å²) < 4.78 is 58.2. The molecule has 1 aromatic rings. The van der Waals surface area contributed by atoms with Gasteiger partial charge in [0, 0.05) is 12.8 Å². The van der Waals surface area contributed by atoms with Crippen molar-refractivity contribution in [1.29, 1.82) is 0 Å². The Balaban J connectivity index is 2.12. The third-order valence-electron chi connectivity index (χ3n) is 3.19. The lowest BCUT2D eigenvalue weighted by atomic mass is 9.94. The van der Waals surface area contributed by atoms with E-state index in [0.29, 0.717) is 12.1 Å². The fourth-order valence-corrected chi connectivity index (χ4v) is 2.09. The van der Waals surface area contributed by atoms with E-state index >= 15 is 0 Å². The maximum atomic E-state index is 13.6. The SMILES string of the molecule is O=C(O)c1cc(F)c(OC2CCC(F)(F)CC2)c(F)c1. The molecule has 0 atom stereocenters. The first-order chi connectivity index (χ1) is 9.28. The maximum Gasteiger partial charge on any atom is 0.335 e. The van der Waals surface area contributed by atoms with Crippen LogP contribution in [0.3, 0.4) is 0 Å². The Hall–Kier alpha value is -1.79. The van der Waals surface area contributed by atoms with Crippen molar-refractivity contribution < 1.29 is 32.2 Å². The van der Waals surface area contributed by atoms with Gasteiger partial charge in [0.2, 0.25) is 5.92 Å². The molecule has 0 radical (unpaired) electrons. The minimum absolute atomic E-state index is 0.00738. The first kappa shape index (κ1) is 14.6. The highest BCUT2D eigenvalue weighted by molar-refractivity contribution is 5.87. The van der Waals surface area contributed by atoms with Crippen molar-refractivity contribution in [3.63, 3.8) is 0 Å². The molecule has 7 heteroatoms. The molecule has 0 aromatic heterocycles. The van der Waals surface area contributed by atoms with Crippen LogP contribution in [0.25, 0.3) is 0 Å². The van der Waals surface area contributed by atoms with E-state index < -0.39 is 53.8 Å². The Kier molecular flexibility index (Phi) is 3.87. The summed E-state index contributed by atoms with van der Waals surface area (Å²) in [5, 5.41) is 8.65. The lowest BCUT2D eigenvalue weighted by molar-refractivity contribution is -0.0590. The number of hydrogen-bond acceptors (Lipinski definition) is 2. The van der Waals surface area contributed by atoms with Crippen LogP contribution in [0.15, 0.2) is 12.1 Å². The molecule has 3 nitrogen and oxygen atoms in total. The lowest BCUT2D eigenvalue weighted by Gasteiger charge is -2.28. The topological polar surface area (TPSA) is 46.5 Å². The Morgan fingerprint density at radius 3 is 2.15 bits per heavy atom. The zero-order valence-electron chi connectivity index (χ0n) is 10.3. The van der Waals surface area contributed by atoms with Gasteiger partial charge < -0.3 is 9.84 Å². The van der Waals surface area contributed by atoms with Crippen molar-refractivity contribution >= 4 is 5.97 Å². The van der Waals surface area contributed by atoms with Crippen LogP contribution in [0.1, 0.15) is 36.0 Å². The Morgan fingerprint density at radius 2 is 1.70 bits per heavy atom. The number of hydrogen-bond donors (Lipinski definition) is 1. The smallest absolute Gasteiger partial charge is 0.335 e. The second-order valence-corrected chi connectivity index (χ2v) is 4.75. The van der Waals surface area contributed by atoms with Crippen LogP contribution in [-0.4, -0.2) is 23.1 Å². The van der Waals surface area contributed by atoms with E-state index in [-0.39, 0.29) is 12.8 Å². The third-order valence-corrected chi connectivity index (χ3v) is 3.19. The number of alkyl halides is 2. The number of aromatic carboxylic acids is 1. The van der Waals surface area contributed by atoms with Gasteiger partial charge in [0.05, 0.1) is 11.7 Å². The molecule has 1 aromatic carbocycles. The van der Waals surface area contributed by atoms with E-state index in [0.717, 1.165) is 0 Å². The van der Waals surface area contributed by atoms with Crippen LogP contribution in [0, 0.1) is 11.6 Å². The number of ether oxygens (including phenoxy) is 1. The number of carboxylic acids is 1. The predicted octanol–water partition coefficient (Wildman–Crippen LogP) is 3.62. The third kappa shape index (κ3) is 3.20. The highest BCUT2D eigenvalue weighted by atomic mass is 19.3. The average Bonchev–Trinajstić information content (AvgIpc) is 2.35. The van der Waals surface area contributed by atoms with Gasteiger partial charge >= 0.3 is 5.97 Å². The van der Waals surface area contributed by atoms with Crippen LogP contribution in [0.5, 0.6) is 5.75 Å². The highest BCUT2D eigenvalue weighted by Crippen LogP contribution is 2.35. The molecule has 20 heavy (non-hydrogen) atoms. The Morgan fingerprint density at radius 1 is 1.20 bits per heavy atom. The summed E-state index contributed by atoms with van der Waals surface area (Å²) in [6.07, 6.45) is -1.50. The number of rotatable bonds is 3. The van der Waals surface area contributed by atoms with E-state index in [4.69, 9.17) is 9.84 Å². The highest BCUT2D eigenvalue weighted by Gasteiger charge is 2.36. The summed E-state index contributed by atoms with van der Waals surface area (Å²) in [5.74, 6) is -7.25. The van der Waals surface area contributed by atoms with E-state index in [2.05, 4.69) is 0 Å². The quantitative estimate of drug-likeness (QED) is 0.865. The normalized spacial score (nSPS) is 18.8. The van der Waals surface area contributed by atoms with Crippen molar-refractivity contribution in [1.82, 2.24) is 0 Å². The van der Waals surface area contributed by atoms with Gasteiger partial charge in [-0.05, 0) is 25.0 Å². The fraction of sp³-hybridized carbons (Fsp3) is 0.462. The molecule has 0 bridgehead atoms. The van der Waals surface area contributed by atoms with Crippen LogP contribution in [0.2, 0.25) is 0 Å². The monoisotopic (exact) mass is 292 g/mol. The van der Waals surface area contributed by atoms with Crippen LogP contribution in [-0.2, 0) is 0 Å². The van der Waals surface area contributed by atoms with Gasteiger partial charge in [-0.25, -0.2) is 22.4 Å². The number of carboxylic acid groups (broad SMARTS) is 1. The fourth-order valence-electron chi connectivity index (χ4n) is 2.09. The average molecular weight is 292 g/mol. The number of halogens is 4. The molecule has 0 heterocycles. The number of carbonyl (C=O) groups is 1. The summed E-state index contributed by atoms with van der Waals surface area (Å²) in [4.78, 5) is 10.6. The molecule has 1 aliphatic rings. The molecule has 1 aliphatic carbocycles. The molecule has 0 spiro atoms. The van der Waals surface area contributed by atoms with E-state index in [1.165, 1.54) is 0 Å². The molecule has 110 valence electrons. The molecule has 0 unspecified atom stereocenters. The van der Waals surface area contributed by atoms with Gasteiger partial charge in [0.25, 0.3) is 0 Å². The predicted molar refractivity (Wildman–Crippen MR) is 61.1 cm³/mol. The second kappa shape index (κ2) is 5.30. The zero-order chi connectivity index (χ0) is 14.9. The van der Waals surface area contributed by atoms with Gasteiger partial charge in [0.1, 0.15) is 0 Å². The van der Waals surface area contributed by atoms with Crippen molar-refractivity contribution in [2.24, 2.45) is 0 Å². The summed E-state index contributed by atoms with van der Waals surface area (Å²) in [5.41, 5.74) is -0.539. The standard InChI is InChI=1S/C13H12F4O3/c14-9-5-7(12(18)19)6-10(15)11(9)20-8-1-3-13(16,17)4-2-8/h5-6,8H,1-4H2,(H,18,19). The van der Waals surface area contributed by atoms with E-state index in [1.807, 2.05) is 0 Å². The Bertz CT molecular complexity index is 497. The summed E-state index contributed by atoms with van der Waals surface area (Å²) in [6, 6.07) is 1.27. The van der Waals surface area contributed by atoms with Crippen LogP contribution in [0.4, 0.5) is 17.6 Å². The largest absolute Gasteiger partial charge is 0.484 e. The summed E-state index contributed by atoms with van der Waals surface area (Å²) in [6.45, 7) is 0. The molecule has 0 saturated heterocycles.